The summed E-state index contributed by atoms with van der Waals surface area (Å²) in [5.41, 5.74) is 0. The van der Waals surface area contributed by atoms with E-state index in [4.69, 9.17) is 4.74 Å². The van der Waals surface area contributed by atoms with Crippen LogP contribution in [0.15, 0.2) is 0 Å². The van der Waals surface area contributed by atoms with E-state index in [1.165, 1.54) is 31.4 Å². The molecule has 0 bridgehead atoms. The number of ether oxygens (including phenoxy) is 1. The molecular formula is C11H20O2S2. The van der Waals surface area contributed by atoms with Crippen LogP contribution in [0.4, 0.5) is 0 Å². The minimum absolute atomic E-state index is 0.00347. The molecule has 4 heteroatoms. The van der Waals surface area contributed by atoms with Crippen LogP contribution in [-0.4, -0.2) is 23.6 Å². The molecule has 0 radical (unpaired) electrons. The molecule has 2 nitrogen and oxygen atoms in total. The number of carbonyl (C=O) groups excluding carboxylic acids is 1. The molecule has 1 heterocycles. The second-order valence-corrected chi connectivity index (χ2v) is 6.47. The lowest BCUT2D eigenvalue weighted by molar-refractivity contribution is -0.143. The quantitative estimate of drug-likeness (QED) is 0.562. The molecule has 0 spiro atoms. The van der Waals surface area contributed by atoms with Crippen LogP contribution >= 0.6 is 21.6 Å². The Morgan fingerprint density at radius 1 is 1.33 bits per heavy atom. The van der Waals surface area contributed by atoms with Gasteiger partial charge in [-0.25, -0.2) is 0 Å². The molecule has 0 N–H and O–H groups in total. The first-order valence-corrected chi connectivity index (χ1v) is 8.17. The van der Waals surface area contributed by atoms with Gasteiger partial charge < -0.3 is 4.74 Å². The lowest BCUT2D eigenvalue weighted by Gasteiger charge is -2.13. The number of rotatable bonds is 3. The van der Waals surface area contributed by atoms with Crippen molar-refractivity contribution in [2.75, 3.05) is 12.4 Å². The maximum absolute atomic E-state index is 11.7. The summed E-state index contributed by atoms with van der Waals surface area (Å²) in [5.74, 6) is 1.17. The fraction of sp³-hybridized carbons (Fsp3) is 0.909. The molecule has 0 amide bonds. The molecule has 1 aliphatic heterocycles. The van der Waals surface area contributed by atoms with Gasteiger partial charge in [-0.05, 0) is 19.3 Å². The van der Waals surface area contributed by atoms with Crippen molar-refractivity contribution in [3.05, 3.63) is 0 Å². The van der Waals surface area contributed by atoms with Crippen molar-refractivity contribution < 1.29 is 9.53 Å². The van der Waals surface area contributed by atoms with E-state index in [2.05, 4.69) is 0 Å². The molecule has 1 atom stereocenters. The Balaban J connectivity index is 2.31. The van der Waals surface area contributed by atoms with E-state index < -0.39 is 0 Å². The molecule has 0 saturated carbocycles. The first-order valence-electron chi connectivity index (χ1n) is 5.79. The maximum atomic E-state index is 11.7. The van der Waals surface area contributed by atoms with Crippen molar-refractivity contribution in [2.24, 2.45) is 0 Å². The van der Waals surface area contributed by atoms with Crippen LogP contribution in [0, 0.1) is 0 Å². The van der Waals surface area contributed by atoms with Gasteiger partial charge in [0.1, 0.15) is 5.25 Å². The minimum Gasteiger partial charge on any atom is -0.465 e. The summed E-state index contributed by atoms with van der Waals surface area (Å²) < 4.78 is 5.19. The van der Waals surface area contributed by atoms with Gasteiger partial charge in [-0.15, -0.1) is 0 Å². The zero-order chi connectivity index (χ0) is 10.9. The summed E-state index contributed by atoms with van der Waals surface area (Å²) in [6.45, 7) is 2.60. The molecule has 1 fully saturated rings. The zero-order valence-corrected chi connectivity index (χ0v) is 11.0. The van der Waals surface area contributed by atoms with Gasteiger partial charge in [0.25, 0.3) is 0 Å². The van der Waals surface area contributed by atoms with E-state index in [1.54, 1.807) is 10.8 Å². The Bertz CT molecular complexity index is 175. The molecule has 0 aromatic heterocycles. The van der Waals surface area contributed by atoms with Gasteiger partial charge in [0.15, 0.2) is 0 Å². The first-order chi connectivity index (χ1) is 7.34. The van der Waals surface area contributed by atoms with Crippen LogP contribution in [0.3, 0.4) is 0 Å². The molecule has 0 aromatic carbocycles. The Morgan fingerprint density at radius 3 is 2.93 bits per heavy atom. The molecular weight excluding hydrogens is 228 g/mol. The highest BCUT2D eigenvalue weighted by Gasteiger charge is 2.21. The number of hydrogen-bond acceptors (Lipinski definition) is 4. The lowest BCUT2D eigenvalue weighted by Crippen LogP contribution is -2.19. The first kappa shape index (κ1) is 13.2. The Morgan fingerprint density at radius 2 is 2.13 bits per heavy atom. The summed E-state index contributed by atoms with van der Waals surface area (Å²) >= 11 is 0. The highest BCUT2D eigenvalue weighted by atomic mass is 33.1. The predicted molar refractivity (Wildman–Crippen MR) is 68.2 cm³/mol. The van der Waals surface area contributed by atoms with Gasteiger partial charge >= 0.3 is 5.97 Å². The third-order valence-electron chi connectivity index (χ3n) is 2.34. The summed E-state index contributed by atoms with van der Waals surface area (Å²) in [7, 11) is 3.54. The van der Waals surface area contributed by atoms with Gasteiger partial charge in [0.2, 0.25) is 0 Å². The van der Waals surface area contributed by atoms with E-state index in [-0.39, 0.29) is 11.2 Å². The van der Waals surface area contributed by atoms with Gasteiger partial charge in [-0.3, -0.25) is 4.79 Å². The smallest absolute Gasteiger partial charge is 0.319 e. The highest BCUT2D eigenvalue weighted by molar-refractivity contribution is 8.77. The van der Waals surface area contributed by atoms with Crippen molar-refractivity contribution in [3.63, 3.8) is 0 Å². The normalized spacial score (nSPS) is 23.7. The fourth-order valence-electron chi connectivity index (χ4n) is 1.48. The SMILES string of the molecule is CCCOC(=O)C1CCCCCCSS1. The lowest BCUT2D eigenvalue weighted by atomic mass is 10.1. The van der Waals surface area contributed by atoms with Crippen LogP contribution < -0.4 is 0 Å². The Labute approximate surface area is 100 Å². The number of hydrogen-bond donors (Lipinski definition) is 0. The van der Waals surface area contributed by atoms with Gasteiger partial charge in [-0.2, -0.15) is 0 Å². The standard InChI is InChI=1S/C11H20O2S2/c1-2-8-13-11(12)10-7-5-3-4-6-9-14-15-10/h10H,2-9H2,1H3. The van der Waals surface area contributed by atoms with Crippen molar-refractivity contribution in [2.45, 2.75) is 50.7 Å². The Kier molecular flexibility index (Phi) is 7.36. The van der Waals surface area contributed by atoms with Gasteiger partial charge in [0.05, 0.1) is 6.61 Å². The molecule has 0 aliphatic carbocycles. The number of esters is 1. The molecule has 15 heavy (non-hydrogen) atoms. The fourth-order valence-corrected chi connectivity index (χ4v) is 4.13. The van der Waals surface area contributed by atoms with Crippen LogP contribution in [0.25, 0.3) is 0 Å². The predicted octanol–water partition coefficient (Wildman–Crippen LogP) is 3.65. The highest BCUT2D eigenvalue weighted by Crippen LogP contribution is 2.33. The monoisotopic (exact) mass is 248 g/mol. The third kappa shape index (κ3) is 5.71. The topological polar surface area (TPSA) is 26.3 Å². The van der Waals surface area contributed by atoms with E-state index in [0.717, 1.165) is 12.8 Å². The average Bonchev–Trinajstić information content (AvgIpc) is 2.38. The van der Waals surface area contributed by atoms with Crippen molar-refractivity contribution in [3.8, 4) is 0 Å². The second-order valence-electron chi connectivity index (χ2n) is 3.78. The van der Waals surface area contributed by atoms with Crippen LogP contribution in [-0.2, 0) is 9.53 Å². The van der Waals surface area contributed by atoms with E-state index in [0.29, 0.717) is 6.61 Å². The van der Waals surface area contributed by atoms with Gasteiger partial charge in [0, 0.05) is 5.75 Å². The van der Waals surface area contributed by atoms with Crippen LogP contribution in [0.2, 0.25) is 0 Å². The molecule has 1 saturated heterocycles. The van der Waals surface area contributed by atoms with E-state index in [1.807, 2.05) is 17.7 Å². The summed E-state index contributed by atoms with van der Waals surface area (Å²) in [6, 6.07) is 0. The van der Waals surface area contributed by atoms with Crippen LogP contribution in [0.1, 0.15) is 45.4 Å². The van der Waals surface area contributed by atoms with Crippen LogP contribution in [0.5, 0.6) is 0 Å². The summed E-state index contributed by atoms with van der Waals surface area (Å²) in [4.78, 5) is 11.7. The largest absolute Gasteiger partial charge is 0.465 e. The molecule has 88 valence electrons. The third-order valence-corrected chi connectivity index (χ3v) is 5.20. The van der Waals surface area contributed by atoms with Crippen molar-refractivity contribution >= 4 is 27.6 Å². The molecule has 1 rings (SSSR count). The zero-order valence-electron chi connectivity index (χ0n) is 9.37. The summed E-state index contributed by atoms with van der Waals surface area (Å²) in [6.07, 6.45) is 6.92. The van der Waals surface area contributed by atoms with E-state index >= 15 is 0 Å². The molecule has 1 unspecified atom stereocenters. The van der Waals surface area contributed by atoms with Crippen molar-refractivity contribution in [1.29, 1.82) is 0 Å². The van der Waals surface area contributed by atoms with Gasteiger partial charge in [-0.1, -0.05) is 47.8 Å². The minimum atomic E-state index is -0.00347. The Hall–Kier alpha value is 0.170. The average molecular weight is 248 g/mol. The van der Waals surface area contributed by atoms with E-state index in [9.17, 15) is 4.79 Å². The molecule has 1 aliphatic rings. The second kappa shape index (κ2) is 8.34. The maximum Gasteiger partial charge on any atom is 0.319 e. The summed E-state index contributed by atoms with van der Waals surface area (Å²) in [5, 5.41) is 0.0691. The number of carbonyl (C=O) groups is 1. The molecule has 0 aromatic rings. The van der Waals surface area contributed by atoms with Crippen molar-refractivity contribution in [1.82, 2.24) is 0 Å².